The Morgan fingerprint density at radius 2 is 2.31 bits per heavy atom. The molecule has 13 heavy (non-hydrogen) atoms. The summed E-state index contributed by atoms with van der Waals surface area (Å²) < 4.78 is 0. The highest BCUT2D eigenvalue weighted by Crippen LogP contribution is 2.30. The Hall–Kier alpha value is -0.890. The molecule has 1 unspecified atom stereocenters. The van der Waals surface area contributed by atoms with Crippen LogP contribution in [0.5, 0.6) is 0 Å². The third kappa shape index (κ3) is 1.46. The van der Waals surface area contributed by atoms with Crippen molar-refractivity contribution in [2.75, 3.05) is 17.2 Å². The molecular formula is C10H13ClN2. The lowest BCUT2D eigenvalue weighted by Crippen LogP contribution is -2.45. The zero-order valence-electron chi connectivity index (χ0n) is 7.63. The zero-order chi connectivity index (χ0) is 9.42. The second kappa shape index (κ2) is 3.11. The van der Waals surface area contributed by atoms with E-state index in [2.05, 4.69) is 11.8 Å². The second-order valence-electron chi connectivity index (χ2n) is 3.54. The quantitative estimate of drug-likeness (QED) is 0.700. The Kier molecular flexibility index (Phi) is 2.08. The lowest BCUT2D eigenvalue weighted by molar-refractivity contribution is 0.481. The first kappa shape index (κ1) is 8.70. The van der Waals surface area contributed by atoms with E-state index >= 15 is 0 Å². The van der Waals surface area contributed by atoms with Crippen molar-refractivity contribution >= 4 is 23.0 Å². The summed E-state index contributed by atoms with van der Waals surface area (Å²) in [6.45, 7) is 3.34. The minimum Gasteiger partial charge on any atom is -0.397 e. The summed E-state index contributed by atoms with van der Waals surface area (Å²) in [6.07, 6.45) is 1.27. The van der Waals surface area contributed by atoms with E-state index in [1.165, 1.54) is 12.1 Å². The van der Waals surface area contributed by atoms with Crippen molar-refractivity contribution in [2.24, 2.45) is 0 Å². The summed E-state index contributed by atoms with van der Waals surface area (Å²) in [4.78, 5) is 2.33. The predicted octanol–water partition coefficient (Wildman–Crippen LogP) is 2.52. The number of halogens is 1. The molecule has 1 aromatic carbocycles. The Morgan fingerprint density at radius 1 is 1.54 bits per heavy atom. The molecule has 0 bridgehead atoms. The summed E-state index contributed by atoms with van der Waals surface area (Å²) in [7, 11) is 0. The van der Waals surface area contributed by atoms with E-state index in [1.807, 2.05) is 18.2 Å². The third-order valence-corrected chi connectivity index (χ3v) is 2.98. The third-order valence-electron chi connectivity index (χ3n) is 2.63. The fourth-order valence-corrected chi connectivity index (χ4v) is 1.73. The van der Waals surface area contributed by atoms with Crippen LogP contribution in [0.4, 0.5) is 11.4 Å². The van der Waals surface area contributed by atoms with E-state index in [0.29, 0.717) is 16.8 Å². The van der Waals surface area contributed by atoms with Crippen molar-refractivity contribution in [3.8, 4) is 0 Å². The molecular weight excluding hydrogens is 184 g/mol. The fourth-order valence-electron chi connectivity index (χ4n) is 1.61. The van der Waals surface area contributed by atoms with Gasteiger partial charge in [0.15, 0.2) is 0 Å². The average molecular weight is 197 g/mol. The van der Waals surface area contributed by atoms with Crippen LogP contribution in [0, 0.1) is 0 Å². The van der Waals surface area contributed by atoms with Gasteiger partial charge in [0.1, 0.15) is 0 Å². The van der Waals surface area contributed by atoms with Gasteiger partial charge >= 0.3 is 0 Å². The van der Waals surface area contributed by atoms with Gasteiger partial charge in [-0.15, -0.1) is 0 Å². The van der Waals surface area contributed by atoms with E-state index < -0.39 is 0 Å². The summed E-state index contributed by atoms with van der Waals surface area (Å²) in [5, 5.41) is 0.636. The van der Waals surface area contributed by atoms with Crippen LogP contribution in [0.3, 0.4) is 0 Å². The molecule has 2 N–H and O–H groups in total. The van der Waals surface area contributed by atoms with Gasteiger partial charge in [-0.3, -0.25) is 0 Å². The highest BCUT2D eigenvalue weighted by molar-refractivity contribution is 6.33. The maximum absolute atomic E-state index is 5.84. The first-order valence-corrected chi connectivity index (χ1v) is 4.88. The maximum Gasteiger partial charge on any atom is 0.0636 e. The molecule has 3 heteroatoms. The molecule has 0 saturated carbocycles. The van der Waals surface area contributed by atoms with Gasteiger partial charge in [-0.05, 0) is 31.5 Å². The van der Waals surface area contributed by atoms with Crippen LogP contribution in [0.1, 0.15) is 13.3 Å². The van der Waals surface area contributed by atoms with Crippen LogP contribution in [-0.4, -0.2) is 12.6 Å². The highest BCUT2D eigenvalue weighted by atomic mass is 35.5. The van der Waals surface area contributed by atoms with Gasteiger partial charge in [0.2, 0.25) is 0 Å². The Balaban J connectivity index is 2.26. The molecule has 0 aliphatic carbocycles. The van der Waals surface area contributed by atoms with Crippen LogP contribution in [0.25, 0.3) is 0 Å². The summed E-state index contributed by atoms with van der Waals surface area (Å²) in [5.74, 6) is 0. The first-order chi connectivity index (χ1) is 6.18. The summed E-state index contributed by atoms with van der Waals surface area (Å²) >= 11 is 5.84. The van der Waals surface area contributed by atoms with Crippen molar-refractivity contribution in [3.05, 3.63) is 23.2 Å². The van der Waals surface area contributed by atoms with Crippen LogP contribution in [0.15, 0.2) is 18.2 Å². The smallest absolute Gasteiger partial charge is 0.0636 e. The van der Waals surface area contributed by atoms with Crippen molar-refractivity contribution in [1.82, 2.24) is 0 Å². The largest absolute Gasteiger partial charge is 0.397 e. The van der Waals surface area contributed by atoms with Crippen LogP contribution in [0.2, 0.25) is 5.02 Å². The molecule has 1 fully saturated rings. The molecule has 70 valence electrons. The molecule has 1 atom stereocenters. The number of nitrogen functional groups attached to an aromatic ring is 1. The van der Waals surface area contributed by atoms with Crippen LogP contribution >= 0.6 is 11.6 Å². The number of hydrogen-bond acceptors (Lipinski definition) is 2. The molecule has 0 amide bonds. The molecule has 2 nitrogen and oxygen atoms in total. The topological polar surface area (TPSA) is 29.3 Å². The Morgan fingerprint density at radius 3 is 2.77 bits per heavy atom. The number of anilines is 2. The minimum absolute atomic E-state index is 0.636. The number of rotatable bonds is 1. The number of hydrogen-bond donors (Lipinski definition) is 1. The van der Waals surface area contributed by atoms with E-state index in [1.54, 1.807) is 0 Å². The van der Waals surface area contributed by atoms with Crippen molar-refractivity contribution in [1.29, 1.82) is 0 Å². The van der Waals surface area contributed by atoms with Gasteiger partial charge in [0.05, 0.1) is 10.7 Å². The van der Waals surface area contributed by atoms with Gasteiger partial charge in [0, 0.05) is 18.3 Å². The summed E-state index contributed by atoms with van der Waals surface area (Å²) in [6, 6.07) is 6.46. The normalized spacial score (nSPS) is 21.4. The molecule has 0 aromatic heterocycles. The highest BCUT2D eigenvalue weighted by Gasteiger charge is 2.23. The average Bonchev–Trinajstić information content (AvgIpc) is 2.09. The molecule has 0 radical (unpaired) electrons. The molecule has 1 aromatic rings. The van der Waals surface area contributed by atoms with Gasteiger partial charge in [0.25, 0.3) is 0 Å². The van der Waals surface area contributed by atoms with Gasteiger partial charge in [-0.2, -0.15) is 0 Å². The standard InChI is InChI=1S/C10H13ClN2/c1-7-4-5-13(7)8-2-3-9(11)10(12)6-8/h2-3,6-7H,4-5,12H2,1H3. The Bertz CT molecular complexity index is 325. The van der Waals surface area contributed by atoms with Crippen molar-refractivity contribution in [3.63, 3.8) is 0 Å². The van der Waals surface area contributed by atoms with E-state index in [9.17, 15) is 0 Å². The van der Waals surface area contributed by atoms with E-state index in [0.717, 1.165) is 6.54 Å². The van der Waals surface area contributed by atoms with Crippen LogP contribution < -0.4 is 10.6 Å². The Labute approximate surface area is 83.3 Å². The zero-order valence-corrected chi connectivity index (χ0v) is 8.38. The molecule has 1 heterocycles. The van der Waals surface area contributed by atoms with Gasteiger partial charge < -0.3 is 10.6 Å². The van der Waals surface area contributed by atoms with Gasteiger partial charge in [-0.25, -0.2) is 0 Å². The molecule has 2 rings (SSSR count). The number of nitrogens with two attached hydrogens (primary N) is 1. The second-order valence-corrected chi connectivity index (χ2v) is 3.94. The fraction of sp³-hybridized carbons (Fsp3) is 0.400. The van der Waals surface area contributed by atoms with Gasteiger partial charge in [-0.1, -0.05) is 11.6 Å². The lowest BCUT2D eigenvalue weighted by Gasteiger charge is -2.40. The van der Waals surface area contributed by atoms with Crippen LogP contribution in [-0.2, 0) is 0 Å². The molecule has 1 saturated heterocycles. The minimum atomic E-state index is 0.636. The summed E-state index contributed by atoms with van der Waals surface area (Å²) in [5.41, 5.74) is 7.57. The first-order valence-electron chi connectivity index (χ1n) is 4.50. The number of nitrogens with zero attached hydrogens (tertiary/aromatic N) is 1. The van der Waals surface area contributed by atoms with E-state index in [4.69, 9.17) is 17.3 Å². The van der Waals surface area contributed by atoms with Crippen molar-refractivity contribution < 1.29 is 0 Å². The molecule has 1 aliphatic heterocycles. The monoisotopic (exact) mass is 196 g/mol. The SMILES string of the molecule is CC1CCN1c1ccc(Cl)c(N)c1. The van der Waals surface area contributed by atoms with Crippen molar-refractivity contribution in [2.45, 2.75) is 19.4 Å². The molecule has 0 spiro atoms. The number of benzene rings is 1. The van der Waals surface area contributed by atoms with E-state index in [-0.39, 0.29) is 0 Å². The lowest BCUT2D eigenvalue weighted by atomic mass is 10.0. The predicted molar refractivity (Wildman–Crippen MR) is 57.3 cm³/mol. The maximum atomic E-state index is 5.84. The molecule has 1 aliphatic rings.